The van der Waals surface area contributed by atoms with Gasteiger partial charge in [-0.1, -0.05) is 6.92 Å². The summed E-state index contributed by atoms with van der Waals surface area (Å²) in [4.78, 5) is 21.9. The maximum absolute atomic E-state index is 11.0. The first-order valence-corrected chi connectivity index (χ1v) is 3.55. The number of rotatable bonds is 1. The Morgan fingerprint density at radius 2 is 2.36 bits per heavy atom. The Bertz CT molecular complexity index is 190. The summed E-state index contributed by atoms with van der Waals surface area (Å²) in [5.41, 5.74) is 0. The molecule has 4 heteroatoms. The molecular weight excluding hydrogens is 146 g/mol. The molecule has 4 nitrogen and oxygen atoms in total. The predicted octanol–water partition coefficient (Wildman–Crippen LogP) is -0.459. The Kier molecular flexibility index (Phi) is 2.12. The van der Waals surface area contributed by atoms with Crippen molar-refractivity contribution in [2.75, 3.05) is 13.7 Å². The summed E-state index contributed by atoms with van der Waals surface area (Å²) < 4.78 is 4.70. The fourth-order valence-corrected chi connectivity index (χ4v) is 1.15. The van der Waals surface area contributed by atoms with E-state index in [-0.39, 0.29) is 11.8 Å². The third kappa shape index (κ3) is 1.34. The van der Waals surface area contributed by atoms with Gasteiger partial charge in [0, 0.05) is 13.0 Å². The zero-order chi connectivity index (χ0) is 8.43. The van der Waals surface area contributed by atoms with Crippen molar-refractivity contribution in [1.82, 2.24) is 5.32 Å². The highest BCUT2D eigenvalue weighted by Gasteiger charge is 2.38. The standard InChI is InChI=1S/C7H11NO3/c1-4-3-11-7(10)5(4)6(9)8-2/h4-5H,3H2,1-2H3,(H,8,9). The van der Waals surface area contributed by atoms with E-state index in [4.69, 9.17) is 4.74 Å². The number of hydrogen-bond donors (Lipinski definition) is 1. The molecule has 0 radical (unpaired) electrons. The Hall–Kier alpha value is -1.06. The molecule has 1 aliphatic rings. The van der Waals surface area contributed by atoms with Crippen LogP contribution in [0, 0.1) is 11.8 Å². The maximum Gasteiger partial charge on any atom is 0.318 e. The zero-order valence-electron chi connectivity index (χ0n) is 6.59. The van der Waals surface area contributed by atoms with Gasteiger partial charge in [-0.25, -0.2) is 0 Å². The van der Waals surface area contributed by atoms with Crippen LogP contribution in [0.3, 0.4) is 0 Å². The summed E-state index contributed by atoms with van der Waals surface area (Å²) in [5.74, 6) is -1.25. The zero-order valence-corrected chi connectivity index (χ0v) is 6.59. The Labute approximate surface area is 64.9 Å². The number of ether oxygens (including phenoxy) is 1. The number of cyclic esters (lactones) is 1. The molecule has 0 aromatic carbocycles. The van der Waals surface area contributed by atoms with Crippen LogP contribution in [0.4, 0.5) is 0 Å². The minimum Gasteiger partial charge on any atom is -0.465 e. The molecular formula is C7H11NO3. The predicted molar refractivity (Wildman–Crippen MR) is 37.7 cm³/mol. The third-order valence-electron chi connectivity index (χ3n) is 1.84. The van der Waals surface area contributed by atoms with Gasteiger partial charge in [-0.2, -0.15) is 0 Å². The van der Waals surface area contributed by atoms with Gasteiger partial charge in [-0.15, -0.1) is 0 Å². The summed E-state index contributed by atoms with van der Waals surface area (Å²) in [6.07, 6.45) is 0. The highest BCUT2D eigenvalue weighted by atomic mass is 16.5. The quantitative estimate of drug-likeness (QED) is 0.414. The molecule has 1 saturated heterocycles. The van der Waals surface area contributed by atoms with Crippen LogP contribution in [0.5, 0.6) is 0 Å². The fraction of sp³-hybridized carbons (Fsp3) is 0.714. The number of esters is 1. The van der Waals surface area contributed by atoms with Crippen LogP contribution in [0.2, 0.25) is 0 Å². The van der Waals surface area contributed by atoms with Gasteiger partial charge in [0.1, 0.15) is 5.92 Å². The summed E-state index contributed by atoms with van der Waals surface area (Å²) in [6, 6.07) is 0. The topological polar surface area (TPSA) is 55.4 Å². The van der Waals surface area contributed by atoms with E-state index >= 15 is 0 Å². The van der Waals surface area contributed by atoms with Crippen molar-refractivity contribution in [1.29, 1.82) is 0 Å². The molecule has 1 N–H and O–H groups in total. The lowest BCUT2D eigenvalue weighted by atomic mass is 9.97. The van der Waals surface area contributed by atoms with E-state index in [1.54, 1.807) is 0 Å². The van der Waals surface area contributed by atoms with Crippen molar-refractivity contribution in [3.05, 3.63) is 0 Å². The molecule has 0 saturated carbocycles. The summed E-state index contributed by atoms with van der Waals surface area (Å²) in [5, 5.41) is 2.43. The number of hydrogen-bond acceptors (Lipinski definition) is 3. The van der Waals surface area contributed by atoms with Gasteiger partial charge in [0.15, 0.2) is 0 Å². The van der Waals surface area contributed by atoms with Crippen LogP contribution in [0.1, 0.15) is 6.92 Å². The van der Waals surface area contributed by atoms with E-state index in [0.29, 0.717) is 6.61 Å². The average Bonchev–Trinajstić information content (AvgIpc) is 2.30. The smallest absolute Gasteiger partial charge is 0.318 e. The van der Waals surface area contributed by atoms with Crippen LogP contribution >= 0.6 is 0 Å². The van der Waals surface area contributed by atoms with Gasteiger partial charge in [0.2, 0.25) is 5.91 Å². The summed E-state index contributed by atoms with van der Waals surface area (Å²) in [7, 11) is 1.51. The molecule has 0 spiro atoms. The second kappa shape index (κ2) is 2.90. The van der Waals surface area contributed by atoms with Crippen molar-refractivity contribution in [3.8, 4) is 0 Å². The largest absolute Gasteiger partial charge is 0.465 e. The van der Waals surface area contributed by atoms with Gasteiger partial charge in [-0.3, -0.25) is 9.59 Å². The molecule has 1 amide bonds. The third-order valence-corrected chi connectivity index (χ3v) is 1.84. The lowest BCUT2D eigenvalue weighted by molar-refractivity contribution is -0.145. The lowest BCUT2D eigenvalue weighted by Gasteiger charge is -2.06. The fourth-order valence-electron chi connectivity index (χ4n) is 1.15. The number of carbonyl (C=O) groups is 2. The highest BCUT2D eigenvalue weighted by molar-refractivity contribution is 5.99. The first-order chi connectivity index (χ1) is 5.16. The first kappa shape index (κ1) is 8.04. The van der Waals surface area contributed by atoms with E-state index in [9.17, 15) is 9.59 Å². The molecule has 2 unspecified atom stereocenters. The van der Waals surface area contributed by atoms with Gasteiger partial charge < -0.3 is 10.1 Å². The molecule has 1 fully saturated rings. The van der Waals surface area contributed by atoms with Gasteiger partial charge in [0.25, 0.3) is 0 Å². The maximum atomic E-state index is 11.0. The number of amides is 1. The van der Waals surface area contributed by atoms with Crippen molar-refractivity contribution in [3.63, 3.8) is 0 Å². The molecule has 62 valence electrons. The van der Waals surface area contributed by atoms with E-state index in [1.165, 1.54) is 7.05 Å². The molecule has 0 aromatic rings. The van der Waals surface area contributed by atoms with Crippen LogP contribution in [0.25, 0.3) is 0 Å². The van der Waals surface area contributed by atoms with E-state index in [1.807, 2.05) is 6.92 Å². The Morgan fingerprint density at radius 1 is 1.73 bits per heavy atom. The molecule has 2 atom stereocenters. The summed E-state index contributed by atoms with van der Waals surface area (Å²) in [6.45, 7) is 2.18. The van der Waals surface area contributed by atoms with Crippen LogP contribution in [0.15, 0.2) is 0 Å². The van der Waals surface area contributed by atoms with Crippen LogP contribution in [-0.4, -0.2) is 25.5 Å². The minimum absolute atomic E-state index is 0.00227. The first-order valence-electron chi connectivity index (χ1n) is 3.55. The van der Waals surface area contributed by atoms with Gasteiger partial charge in [0.05, 0.1) is 6.61 Å². The molecule has 0 aliphatic carbocycles. The van der Waals surface area contributed by atoms with Crippen molar-refractivity contribution < 1.29 is 14.3 Å². The van der Waals surface area contributed by atoms with Crippen LogP contribution < -0.4 is 5.32 Å². The van der Waals surface area contributed by atoms with Crippen molar-refractivity contribution >= 4 is 11.9 Å². The molecule has 0 aromatic heterocycles. The minimum atomic E-state index is -0.597. The molecule has 1 aliphatic heterocycles. The van der Waals surface area contributed by atoms with Crippen molar-refractivity contribution in [2.45, 2.75) is 6.92 Å². The molecule has 1 rings (SSSR count). The summed E-state index contributed by atoms with van der Waals surface area (Å²) >= 11 is 0. The molecule has 1 heterocycles. The Morgan fingerprint density at radius 3 is 2.73 bits per heavy atom. The molecule has 11 heavy (non-hydrogen) atoms. The highest BCUT2D eigenvalue weighted by Crippen LogP contribution is 2.21. The number of carbonyl (C=O) groups excluding carboxylic acids is 2. The SMILES string of the molecule is CNC(=O)C1C(=O)OCC1C. The normalized spacial score (nSPS) is 29.8. The number of nitrogens with one attached hydrogen (secondary N) is 1. The average molecular weight is 157 g/mol. The second-order valence-electron chi connectivity index (χ2n) is 2.70. The van der Waals surface area contributed by atoms with Crippen molar-refractivity contribution in [2.24, 2.45) is 11.8 Å². The second-order valence-corrected chi connectivity index (χ2v) is 2.70. The van der Waals surface area contributed by atoms with E-state index < -0.39 is 11.9 Å². The Balaban J connectivity index is 2.68. The van der Waals surface area contributed by atoms with E-state index in [2.05, 4.69) is 5.32 Å². The van der Waals surface area contributed by atoms with Gasteiger partial charge in [-0.05, 0) is 0 Å². The van der Waals surface area contributed by atoms with Gasteiger partial charge >= 0.3 is 5.97 Å². The van der Waals surface area contributed by atoms with Crippen LogP contribution in [-0.2, 0) is 14.3 Å². The monoisotopic (exact) mass is 157 g/mol. The van der Waals surface area contributed by atoms with E-state index in [0.717, 1.165) is 0 Å². The molecule has 0 bridgehead atoms. The lowest BCUT2D eigenvalue weighted by Crippen LogP contribution is -2.33.